The van der Waals surface area contributed by atoms with Crippen LogP contribution in [0.1, 0.15) is 15.9 Å². The van der Waals surface area contributed by atoms with Gasteiger partial charge in [0.25, 0.3) is 5.91 Å². The summed E-state index contributed by atoms with van der Waals surface area (Å²) < 4.78 is 33.3. The minimum Gasteiger partial charge on any atom is -0.497 e. The van der Waals surface area contributed by atoms with Crippen LogP contribution >= 0.6 is 11.3 Å². The molecule has 0 fully saturated rings. The fraction of sp³-hybridized carbons (Fsp3) is 0.0800. The molecule has 8 nitrogen and oxygen atoms in total. The van der Waals surface area contributed by atoms with Crippen LogP contribution in [0.4, 0.5) is 11.4 Å². The van der Waals surface area contributed by atoms with Gasteiger partial charge in [-0.3, -0.25) is 9.78 Å². The van der Waals surface area contributed by atoms with E-state index in [2.05, 4.69) is 15.3 Å². The molecule has 0 aliphatic heterocycles. The lowest BCUT2D eigenvalue weighted by atomic mass is 10.1. The number of hydrogen-bond acceptors (Lipinski definition) is 8. The Labute approximate surface area is 205 Å². The van der Waals surface area contributed by atoms with E-state index in [-0.39, 0.29) is 20.9 Å². The fourth-order valence-electron chi connectivity index (χ4n) is 3.89. The summed E-state index contributed by atoms with van der Waals surface area (Å²) in [6.45, 7) is 1.79. The lowest BCUT2D eigenvalue weighted by Crippen LogP contribution is -2.15. The van der Waals surface area contributed by atoms with Crippen molar-refractivity contribution in [3.63, 3.8) is 0 Å². The first-order chi connectivity index (χ1) is 16.8. The van der Waals surface area contributed by atoms with E-state index in [1.165, 1.54) is 36.8 Å². The molecule has 0 radical (unpaired) electrons. The number of anilines is 2. The van der Waals surface area contributed by atoms with Crippen molar-refractivity contribution >= 4 is 59.6 Å². The number of primary amides is 1. The summed E-state index contributed by atoms with van der Waals surface area (Å²) >= 11 is 1.49. The summed E-state index contributed by atoms with van der Waals surface area (Å²) in [6.07, 6.45) is 1.31. The van der Waals surface area contributed by atoms with E-state index >= 15 is 0 Å². The van der Waals surface area contributed by atoms with Crippen LogP contribution in [0.15, 0.2) is 76.1 Å². The maximum atomic E-state index is 13.6. The molecular weight excluding hydrogens is 484 g/mol. The monoisotopic (exact) mass is 504 g/mol. The summed E-state index contributed by atoms with van der Waals surface area (Å²) in [5.41, 5.74) is 10.4. The minimum absolute atomic E-state index is 0.0367. The number of fused-ring (bicyclic) bond motifs is 2. The number of methoxy groups -OCH3 is 1. The molecule has 35 heavy (non-hydrogen) atoms. The highest BCUT2D eigenvalue weighted by atomic mass is 32.2. The van der Waals surface area contributed by atoms with Gasteiger partial charge in [-0.25, -0.2) is 13.4 Å². The van der Waals surface area contributed by atoms with Crippen LogP contribution in [0.2, 0.25) is 0 Å². The van der Waals surface area contributed by atoms with Crippen LogP contribution in [-0.2, 0) is 9.84 Å². The van der Waals surface area contributed by atoms with E-state index in [0.29, 0.717) is 28.1 Å². The molecule has 0 spiro atoms. The number of aryl methyl sites for hydroxylation is 1. The molecule has 0 saturated carbocycles. The largest absolute Gasteiger partial charge is 0.497 e. The number of nitrogens with one attached hydrogen (secondary N) is 1. The van der Waals surface area contributed by atoms with Gasteiger partial charge in [0.15, 0.2) is 0 Å². The first kappa shape index (κ1) is 22.8. The van der Waals surface area contributed by atoms with Crippen molar-refractivity contribution in [2.75, 3.05) is 12.4 Å². The molecule has 0 aliphatic rings. The van der Waals surface area contributed by atoms with Crippen molar-refractivity contribution in [3.8, 4) is 5.75 Å². The maximum Gasteiger partial charge on any atom is 0.252 e. The van der Waals surface area contributed by atoms with Crippen LogP contribution < -0.4 is 15.8 Å². The zero-order valence-corrected chi connectivity index (χ0v) is 20.4. The predicted octanol–water partition coefficient (Wildman–Crippen LogP) is 4.84. The number of amides is 1. The van der Waals surface area contributed by atoms with Crippen molar-refractivity contribution in [1.82, 2.24) is 9.97 Å². The highest BCUT2D eigenvalue weighted by Gasteiger charge is 2.25. The van der Waals surface area contributed by atoms with E-state index in [0.717, 1.165) is 10.2 Å². The number of aromatic nitrogens is 2. The third-order valence-corrected chi connectivity index (χ3v) is 8.18. The highest BCUT2D eigenvalue weighted by molar-refractivity contribution is 7.91. The Balaban J connectivity index is 1.72. The van der Waals surface area contributed by atoms with Crippen LogP contribution in [0.3, 0.4) is 0 Å². The Bertz CT molecular complexity index is 1710. The van der Waals surface area contributed by atoms with Crippen LogP contribution in [0.5, 0.6) is 5.75 Å². The summed E-state index contributed by atoms with van der Waals surface area (Å²) in [5, 5.41) is 3.74. The number of rotatable bonds is 6. The number of nitrogens with two attached hydrogens (primary N) is 1. The van der Waals surface area contributed by atoms with Gasteiger partial charge < -0.3 is 15.8 Å². The lowest BCUT2D eigenvalue weighted by Gasteiger charge is -2.16. The molecule has 5 rings (SSSR count). The van der Waals surface area contributed by atoms with Crippen molar-refractivity contribution in [1.29, 1.82) is 0 Å². The average molecular weight is 505 g/mol. The van der Waals surface area contributed by atoms with Gasteiger partial charge >= 0.3 is 0 Å². The number of sulfone groups is 1. The number of thiazole rings is 1. The molecule has 1 amide bonds. The molecular formula is C25H20N4O4S2. The first-order valence-electron chi connectivity index (χ1n) is 10.5. The number of carbonyl (C=O) groups excluding carboxylic acids is 1. The zero-order chi connectivity index (χ0) is 24.7. The van der Waals surface area contributed by atoms with E-state index in [9.17, 15) is 13.2 Å². The molecule has 10 heteroatoms. The number of nitrogens with zero attached hydrogens (tertiary/aromatic N) is 2. The number of pyridine rings is 1. The third-order valence-electron chi connectivity index (χ3n) is 5.61. The van der Waals surface area contributed by atoms with Crippen molar-refractivity contribution < 1.29 is 17.9 Å². The molecule has 0 atom stereocenters. The fourth-order valence-corrected chi connectivity index (χ4v) is 6.12. The van der Waals surface area contributed by atoms with Gasteiger partial charge in [0.1, 0.15) is 5.75 Å². The summed E-state index contributed by atoms with van der Waals surface area (Å²) in [6, 6.07) is 15.1. The molecule has 0 aliphatic carbocycles. The lowest BCUT2D eigenvalue weighted by molar-refractivity contribution is 0.100. The Kier molecular flexibility index (Phi) is 5.62. The van der Waals surface area contributed by atoms with Crippen molar-refractivity contribution in [2.45, 2.75) is 16.7 Å². The van der Waals surface area contributed by atoms with Crippen LogP contribution in [0, 0.1) is 6.92 Å². The van der Waals surface area contributed by atoms with E-state index in [1.54, 1.807) is 36.7 Å². The Morgan fingerprint density at radius 3 is 2.54 bits per heavy atom. The smallest absolute Gasteiger partial charge is 0.252 e. The van der Waals surface area contributed by atoms with Gasteiger partial charge in [0.05, 0.1) is 49.4 Å². The molecule has 0 bridgehead atoms. The van der Waals surface area contributed by atoms with Gasteiger partial charge in [-0.1, -0.05) is 0 Å². The molecule has 5 aromatic rings. The number of carbonyl (C=O) groups is 1. The quantitative estimate of drug-likeness (QED) is 0.339. The third kappa shape index (κ3) is 4.07. The SMILES string of the molecule is COc1ccc(S(=O)(=O)c2cc(C)cc3c(Nc4ccc5ncsc5c4)c(C(N)=O)cnc23)cc1. The summed E-state index contributed by atoms with van der Waals surface area (Å²) in [5.74, 6) is -0.131. The summed E-state index contributed by atoms with van der Waals surface area (Å²) in [7, 11) is -2.41. The minimum atomic E-state index is -3.93. The number of ether oxygens (including phenoxy) is 1. The molecule has 2 heterocycles. The predicted molar refractivity (Wildman–Crippen MR) is 136 cm³/mol. The van der Waals surface area contributed by atoms with Crippen LogP contribution in [0.25, 0.3) is 21.1 Å². The second kappa shape index (κ2) is 8.64. The van der Waals surface area contributed by atoms with Gasteiger partial charge in [-0.15, -0.1) is 11.3 Å². The normalized spacial score (nSPS) is 11.6. The number of hydrogen-bond donors (Lipinski definition) is 2. The molecule has 0 saturated heterocycles. The van der Waals surface area contributed by atoms with Gasteiger partial charge in [0, 0.05) is 17.3 Å². The standard InChI is InChI=1S/C25H20N4O4S2/c1-14-9-18-23(29-15-3-8-20-21(11-15)34-13-28-20)19(25(26)30)12-27-24(18)22(10-14)35(31,32)17-6-4-16(33-2)5-7-17/h3-13H,1-2H3,(H2,26,30)(H,27,29). The second-order valence-electron chi connectivity index (χ2n) is 7.91. The number of benzene rings is 3. The van der Waals surface area contributed by atoms with Gasteiger partial charge in [-0.2, -0.15) is 0 Å². The molecule has 2 aromatic heterocycles. The van der Waals surface area contributed by atoms with E-state index in [1.807, 2.05) is 18.2 Å². The van der Waals surface area contributed by atoms with Crippen molar-refractivity contribution in [2.24, 2.45) is 5.73 Å². The Morgan fingerprint density at radius 1 is 1.06 bits per heavy atom. The van der Waals surface area contributed by atoms with Crippen molar-refractivity contribution in [3.05, 3.63) is 77.4 Å². The first-order valence-corrected chi connectivity index (χ1v) is 12.9. The average Bonchev–Trinajstić information content (AvgIpc) is 3.31. The van der Waals surface area contributed by atoms with E-state index < -0.39 is 15.7 Å². The Hall–Kier alpha value is -4.02. The molecule has 3 aromatic carbocycles. The van der Waals surface area contributed by atoms with Gasteiger partial charge in [-0.05, 0) is 67.1 Å². The molecule has 176 valence electrons. The van der Waals surface area contributed by atoms with E-state index in [4.69, 9.17) is 10.5 Å². The molecule has 0 unspecified atom stereocenters. The highest BCUT2D eigenvalue weighted by Crippen LogP contribution is 2.36. The van der Waals surface area contributed by atoms with Crippen LogP contribution in [-0.4, -0.2) is 31.4 Å². The maximum absolute atomic E-state index is 13.6. The Morgan fingerprint density at radius 2 is 1.83 bits per heavy atom. The topological polar surface area (TPSA) is 124 Å². The summed E-state index contributed by atoms with van der Waals surface area (Å²) in [4.78, 5) is 21.1. The second-order valence-corrected chi connectivity index (χ2v) is 10.7. The zero-order valence-electron chi connectivity index (χ0n) is 18.8. The molecule has 3 N–H and O–H groups in total. The van der Waals surface area contributed by atoms with Gasteiger partial charge in [0.2, 0.25) is 9.84 Å².